The van der Waals surface area contributed by atoms with Gasteiger partial charge in [-0.3, -0.25) is 0 Å². The molecule has 1 aliphatic carbocycles. The maximum atomic E-state index is 12.7. The molecule has 0 radical (unpaired) electrons. The van der Waals surface area contributed by atoms with Crippen molar-refractivity contribution in [2.45, 2.75) is 38.0 Å². The summed E-state index contributed by atoms with van der Waals surface area (Å²) in [4.78, 5) is 10.3. The van der Waals surface area contributed by atoms with Crippen molar-refractivity contribution in [3.05, 3.63) is 0 Å². The normalized spacial score (nSPS) is 29.3. The van der Waals surface area contributed by atoms with E-state index in [0.29, 0.717) is 19.3 Å². The van der Waals surface area contributed by atoms with Crippen molar-refractivity contribution in [2.75, 3.05) is 0 Å². The molecule has 12 heavy (non-hydrogen) atoms. The van der Waals surface area contributed by atoms with Crippen molar-refractivity contribution in [3.8, 4) is 0 Å². The number of hydrogen-bond donors (Lipinski definition) is 0. The van der Waals surface area contributed by atoms with Crippen molar-refractivity contribution in [3.63, 3.8) is 0 Å². The molecule has 5 heteroatoms. The minimum Gasteiger partial charge on any atom is -0.455 e. The van der Waals surface area contributed by atoms with E-state index in [0.717, 1.165) is 0 Å². The summed E-state index contributed by atoms with van der Waals surface area (Å²) in [5, 5.41) is 0. The van der Waals surface area contributed by atoms with Gasteiger partial charge in [0.25, 0.3) is 0 Å². The number of alkyl halides is 3. The van der Waals surface area contributed by atoms with Crippen LogP contribution in [0.5, 0.6) is 0 Å². The van der Waals surface area contributed by atoms with Gasteiger partial charge in [-0.05, 0) is 19.3 Å². The largest absolute Gasteiger partial charge is 0.455 e. The number of carbonyl (C=O) groups excluding carboxylic acids is 1. The lowest BCUT2D eigenvalue weighted by molar-refractivity contribution is -0.164. The molecule has 0 aromatic heterocycles. The predicted octanol–water partition coefficient (Wildman–Crippen LogP) is 1.69. The lowest BCUT2D eigenvalue weighted by Gasteiger charge is -2.13. The van der Waals surface area contributed by atoms with Gasteiger partial charge in [0.1, 0.15) is 12.3 Å². The zero-order chi connectivity index (χ0) is 9.14. The van der Waals surface area contributed by atoms with Gasteiger partial charge in [-0.2, -0.15) is 8.78 Å². The molecule has 0 unspecified atom stereocenters. The van der Waals surface area contributed by atoms with E-state index in [1.165, 1.54) is 0 Å². The summed E-state index contributed by atoms with van der Waals surface area (Å²) >= 11 is 0. The zero-order valence-electron chi connectivity index (χ0n) is 6.30. The van der Waals surface area contributed by atoms with Crippen LogP contribution >= 0.6 is 0 Å². The third-order valence-corrected chi connectivity index (χ3v) is 1.82. The molecule has 1 aliphatic rings. The van der Waals surface area contributed by atoms with Crippen molar-refractivity contribution < 1.29 is 22.7 Å². The van der Waals surface area contributed by atoms with Gasteiger partial charge in [0.15, 0.2) is 0 Å². The molecule has 0 aromatic carbocycles. The topological polar surface area (TPSA) is 26.3 Å². The molecule has 1 fully saturated rings. The molecule has 0 saturated heterocycles. The highest BCUT2D eigenvalue weighted by molar-refractivity contribution is 5.73. The molecular weight excluding hydrogens is 173 g/mol. The smallest absolute Gasteiger partial charge is 0.374 e. The monoisotopic (exact) mass is 182 g/mol. The fourth-order valence-electron chi connectivity index (χ4n) is 1.21. The third kappa shape index (κ3) is 2.12. The predicted molar refractivity (Wildman–Crippen MR) is 34.6 cm³/mol. The Kier molecular flexibility index (Phi) is 2.94. The van der Waals surface area contributed by atoms with Gasteiger partial charge in [0.05, 0.1) is 0 Å². The Labute approximate surface area is 67.7 Å². The fourth-order valence-corrected chi connectivity index (χ4v) is 1.21. The van der Waals surface area contributed by atoms with Gasteiger partial charge in [-0.15, -0.1) is 0 Å². The zero-order valence-corrected chi connectivity index (χ0v) is 6.30. The first-order valence-electron chi connectivity index (χ1n) is 3.74. The highest BCUT2D eigenvalue weighted by atomic mass is 19.3. The van der Waals surface area contributed by atoms with E-state index < -0.39 is 24.7 Å². The second kappa shape index (κ2) is 3.78. The summed E-state index contributed by atoms with van der Waals surface area (Å²) in [5.74, 6) is -1.62. The van der Waals surface area contributed by atoms with Crippen LogP contribution in [0.3, 0.4) is 0 Å². The van der Waals surface area contributed by atoms with E-state index in [4.69, 9.17) is 0 Å². The Balaban J connectivity index is 2.35. The molecule has 1 saturated carbocycles. The molecule has 2 nitrogen and oxygen atoms in total. The van der Waals surface area contributed by atoms with Crippen LogP contribution in [-0.2, 0) is 9.53 Å². The summed E-state index contributed by atoms with van der Waals surface area (Å²) in [6.07, 6.45) is -4.15. The van der Waals surface area contributed by atoms with E-state index in [-0.39, 0.29) is 0 Å². The Hall–Kier alpha value is -0.740. The number of hydrogen-bond acceptors (Lipinski definition) is 2. The Morgan fingerprint density at radius 1 is 1.42 bits per heavy atom. The van der Waals surface area contributed by atoms with Gasteiger partial charge in [-0.25, -0.2) is 9.18 Å². The van der Waals surface area contributed by atoms with Crippen molar-refractivity contribution in [1.82, 2.24) is 0 Å². The average molecular weight is 182 g/mol. The molecule has 0 spiro atoms. The first-order valence-corrected chi connectivity index (χ1v) is 3.74. The van der Waals surface area contributed by atoms with Crippen LogP contribution in [-0.4, -0.2) is 24.7 Å². The van der Waals surface area contributed by atoms with Gasteiger partial charge >= 0.3 is 12.4 Å². The lowest BCUT2D eigenvalue weighted by atomic mass is 10.3. The Morgan fingerprint density at radius 3 is 2.50 bits per heavy atom. The maximum Gasteiger partial charge on any atom is 0.374 e. The van der Waals surface area contributed by atoms with E-state index >= 15 is 0 Å². The van der Waals surface area contributed by atoms with Gasteiger partial charge in [0.2, 0.25) is 0 Å². The standard InChI is InChI=1S/C7H9F3O2/c8-4-2-1-3-5(4)12-7(11)6(9)10/h4-6H,1-3H2/t4-,5-/m1/s1. The summed E-state index contributed by atoms with van der Waals surface area (Å²) in [7, 11) is 0. The minimum absolute atomic E-state index is 0.293. The molecule has 1 rings (SSSR count). The molecule has 0 aliphatic heterocycles. The summed E-state index contributed by atoms with van der Waals surface area (Å²) in [6, 6.07) is 0. The van der Waals surface area contributed by atoms with Gasteiger partial charge in [-0.1, -0.05) is 0 Å². The number of halogens is 3. The molecule has 0 heterocycles. The average Bonchev–Trinajstić information content (AvgIpc) is 2.36. The highest BCUT2D eigenvalue weighted by Gasteiger charge is 2.32. The highest BCUT2D eigenvalue weighted by Crippen LogP contribution is 2.25. The summed E-state index contributed by atoms with van der Waals surface area (Å²) < 4.78 is 40.1. The Bertz CT molecular complexity index is 172. The number of esters is 1. The summed E-state index contributed by atoms with van der Waals surface area (Å²) in [6.45, 7) is 0. The fraction of sp³-hybridized carbons (Fsp3) is 0.857. The molecule has 0 N–H and O–H groups in total. The van der Waals surface area contributed by atoms with Crippen LogP contribution < -0.4 is 0 Å². The molecule has 0 amide bonds. The van der Waals surface area contributed by atoms with Crippen LogP contribution in [0.4, 0.5) is 13.2 Å². The molecule has 2 atom stereocenters. The van der Waals surface area contributed by atoms with E-state index in [1.807, 2.05) is 0 Å². The van der Waals surface area contributed by atoms with Crippen LogP contribution in [0.1, 0.15) is 19.3 Å². The summed E-state index contributed by atoms with van der Waals surface area (Å²) in [5.41, 5.74) is 0. The van der Waals surface area contributed by atoms with Crippen molar-refractivity contribution in [1.29, 1.82) is 0 Å². The molecular formula is C7H9F3O2. The first-order chi connectivity index (χ1) is 5.61. The third-order valence-electron chi connectivity index (χ3n) is 1.82. The first kappa shape index (κ1) is 9.35. The minimum atomic E-state index is -3.15. The van der Waals surface area contributed by atoms with Gasteiger partial charge in [0, 0.05) is 0 Å². The maximum absolute atomic E-state index is 12.7. The van der Waals surface area contributed by atoms with Crippen LogP contribution in [0.2, 0.25) is 0 Å². The Morgan fingerprint density at radius 2 is 2.08 bits per heavy atom. The molecule has 0 bridgehead atoms. The molecule has 70 valence electrons. The van der Waals surface area contributed by atoms with Crippen molar-refractivity contribution in [2.24, 2.45) is 0 Å². The van der Waals surface area contributed by atoms with Crippen LogP contribution in [0, 0.1) is 0 Å². The van der Waals surface area contributed by atoms with E-state index in [2.05, 4.69) is 4.74 Å². The van der Waals surface area contributed by atoms with E-state index in [9.17, 15) is 18.0 Å². The van der Waals surface area contributed by atoms with Crippen LogP contribution in [0.15, 0.2) is 0 Å². The van der Waals surface area contributed by atoms with Crippen molar-refractivity contribution >= 4 is 5.97 Å². The lowest BCUT2D eigenvalue weighted by Crippen LogP contribution is -2.26. The quantitative estimate of drug-likeness (QED) is 0.607. The van der Waals surface area contributed by atoms with Gasteiger partial charge < -0.3 is 4.74 Å². The number of ether oxygens (including phenoxy) is 1. The van der Waals surface area contributed by atoms with E-state index in [1.54, 1.807) is 0 Å². The molecule has 0 aromatic rings. The SMILES string of the molecule is O=C(O[C@@H]1CCC[C@H]1F)C(F)F. The number of carbonyl (C=O) groups is 1. The second-order valence-corrected chi connectivity index (χ2v) is 2.72. The van der Waals surface area contributed by atoms with Crippen LogP contribution in [0.25, 0.3) is 0 Å². The number of rotatable bonds is 2. The second-order valence-electron chi connectivity index (χ2n) is 2.72.